The molecule has 2 nitrogen and oxygen atoms in total. The number of nitrogens with zero attached hydrogens (tertiary/aromatic N) is 1. The van der Waals surface area contributed by atoms with Gasteiger partial charge in [-0.2, -0.15) is 0 Å². The van der Waals surface area contributed by atoms with Crippen molar-refractivity contribution in [2.75, 3.05) is 0 Å². The number of allylic oxidation sites excluding steroid dienone is 4. The molecule has 1 aromatic heterocycles. The fourth-order valence-electron chi connectivity index (χ4n) is 2.50. The average molecular weight is 250 g/mol. The first-order valence-corrected chi connectivity index (χ1v) is 6.78. The summed E-state index contributed by atoms with van der Waals surface area (Å²) in [6.45, 7) is 2.02. The summed E-state index contributed by atoms with van der Waals surface area (Å²) < 4.78 is 0. The molecule has 0 saturated carbocycles. The van der Waals surface area contributed by atoms with E-state index in [0.29, 0.717) is 0 Å². The zero-order valence-corrected chi connectivity index (χ0v) is 11.1. The second-order valence-electron chi connectivity index (χ2n) is 5.05. The third kappa shape index (κ3) is 2.32. The van der Waals surface area contributed by atoms with Crippen LogP contribution in [0.4, 0.5) is 0 Å². The zero-order chi connectivity index (χ0) is 13.2. The van der Waals surface area contributed by atoms with Crippen LogP contribution in [0.1, 0.15) is 37.1 Å². The molecule has 1 heterocycles. The average Bonchev–Trinajstić information content (AvgIpc) is 2.46. The van der Waals surface area contributed by atoms with E-state index in [-0.39, 0.29) is 6.04 Å². The molecule has 3 rings (SSSR count). The lowest BCUT2D eigenvalue weighted by atomic mass is 9.96. The predicted molar refractivity (Wildman–Crippen MR) is 80.7 cm³/mol. The third-order valence-electron chi connectivity index (χ3n) is 3.51. The first-order valence-electron chi connectivity index (χ1n) is 6.78. The minimum absolute atomic E-state index is 0.0108. The molecule has 1 atom stereocenters. The fraction of sp³-hybridized carbons (Fsp3) is 0.235. The summed E-state index contributed by atoms with van der Waals surface area (Å²) in [7, 11) is 0. The number of aromatic nitrogens is 1. The second-order valence-corrected chi connectivity index (χ2v) is 5.05. The number of hydrogen-bond donors (Lipinski definition) is 1. The fourth-order valence-corrected chi connectivity index (χ4v) is 2.50. The molecule has 0 spiro atoms. The molecule has 1 aromatic carbocycles. The van der Waals surface area contributed by atoms with Gasteiger partial charge in [-0.25, -0.2) is 4.98 Å². The summed E-state index contributed by atoms with van der Waals surface area (Å²) in [6.07, 6.45) is 8.82. The van der Waals surface area contributed by atoms with Gasteiger partial charge in [-0.15, -0.1) is 0 Å². The lowest BCUT2D eigenvalue weighted by Crippen LogP contribution is -2.10. The number of benzene rings is 1. The summed E-state index contributed by atoms with van der Waals surface area (Å²) in [5.74, 6) is 0. The molecule has 2 N–H and O–H groups in total. The molecule has 2 aromatic rings. The van der Waals surface area contributed by atoms with Gasteiger partial charge >= 0.3 is 0 Å². The van der Waals surface area contributed by atoms with Crippen LogP contribution in [0, 0.1) is 0 Å². The molecule has 1 aliphatic rings. The summed E-state index contributed by atoms with van der Waals surface area (Å²) in [5, 5.41) is 1.15. The Labute approximate surface area is 113 Å². The molecule has 0 aliphatic heterocycles. The van der Waals surface area contributed by atoms with Gasteiger partial charge in [-0.05, 0) is 43.0 Å². The maximum absolute atomic E-state index is 6.12. The van der Waals surface area contributed by atoms with Gasteiger partial charge in [-0.3, -0.25) is 0 Å². The van der Waals surface area contributed by atoms with E-state index in [1.165, 1.54) is 5.57 Å². The smallest absolute Gasteiger partial charge is 0.0753 e. The number of hydrogen-bond acceptors (Lipinski definition) is 2. The van der Waals surface area contributed by atoms with Gasteiger partial charge in [0, 0.05) is 11.4 Å². The van der Waals surface area contributed by atoms with E-state index in [4.69, 9.17) is 10.7 Å². The Bertz CT molecular complexity index is 666. The number of fused-ring (bicyclic) bond motifs is 1. The van der Waals surface area contributed by atoms with Crippen molar-refractivity contribution in [3.05, 3.63) is 59.8 Å². The summed E-state index contributed by atoms with van der Waals surface area (Å²) in [5.41, 5.74) is 10.5. The molecule has 0 bridgehead atoms. The molecular weight excluding hydrogens is 232 g/mol. The van der Waals surface area contributed by atoms with Gasteiger partial charge in [-0.1, -0.05) is 36.4 Å². The highest BCUT2D eigenvalue weighted by atomic mass is 14.7. The van der Waals surface area contributed by atoms with Crippen LogP contribution in [0.2, 0.25) is 0 Å². The van der Waals surface area contributed by atoms with Gasteiger partial charge in [0.2, 0.25) is 0 Å². The summed E-state index contributed by atoms with van der Waals surface area (Å²) in [4.78, 5) is 4.82. The Balaban J connectivity index is 2.23. The molecule has 0 saturated heterocycles. The molecular formula is C17H18N2. The summed E-state index contributed by atoms with van der Waals surface area (Å²) in [6, 6.07) is 10.4. The standard InChI is InChI=1S/C17H18N2/c1-12(18)15-11-14-9-5-6-10-16(14)19-17(15)13-7-3-2-4-8-13/h3,5-12H,2,4,18H2,1H3. The van der Waals surface area contributed by atoms with Crippen molar-refractivity contribution in [2.24, 2.45) is 5.73 Å². The lowest BCUT2D eigenvalue weighted by Gasteiger charge is -2.15. The first kappa shape index (κ1) is 12.1. The Hall–Kier alpha value is -1.93. The number of pyridine rings is 1. The largest absolute Gasteiger partial charge is 0.324 e. The van der Waals surface area contributed by atoms with Crippen molar-refractivity contribution in [3.8, 4) is 0 Å². The van der Waals surface area contributed by atoms with Crippen LogP contribution in [-0.2, 0) is 0 Å². The SMILES string of the molecule is CC(N)c1cc2ccccc2nc1C1=CCCC=C1. The van der Waals surface area contributed by atoms with Crippen molar-refractivity contribution in [1.29, 1.82) is 0 Å². The van der Waals surface area contributed by atoms with E-state index in [1.54, 1.807) is 0 Å². The molecule has 1 aliphatic carbocycles. The van der Waals surface area contributed by atoms with Crippen LogP contribution >= 0.6 is 0 Å². The number of rotatable bonds is 2. The van der Waals surface area contributed by atoms with E-state index < -0.39 is 0 Å². The first-order chi connectivity index (χ1) is 9.25. The van der Waals surface area contributed by atoms with Crippen LogP contribution < -0.4 is 5.73 Å². The quantitative estimate of drug-likeness (QED) is 0.875. The number of nitrogens with two attached hydrogens (primary N) is 1. The second kappa shape index (κ2) is 4.98. The Morgan fingerprint density at radius 3 is 2.79 bits per heavy atom. The van der Waals surface area contributed by atoms with E-state index in [2.05, 4.69) is 36.4 Å². The predicted octanol–water partition coefficient (Wildman–Crippen LogP) is 3.99. The van der Waals surface area contributed by atoms with Gasteiger partial charge in [0.05, 0.1) is 11.2 Å². The van der Waals surface area contributed by atoms with Crippen molar-refractivity contribution < 1.29 is 0 Å². The highest BCUT2D eigenvalue weighted by molar-refractivity contribution is 5.84. The Morgan fingerprint density at radius 2 is 2.05 bits per heavy atom. The molecule has 2 heteroatoms. The molecule has 0 radical (unpaired) electrons. The van der Waals surface area contributed by atoms with E-state index in [9.17, 15) is 0 Å². The Morgan fingerprint density at radius 1 is 1.21 bits per heavy atom. The lowest BCUT2D eigenvalue weighted by molar-refractivity contribution is 0.810. The van der Waals surface area contributed by atoms with Gasteiger partial charge in [0.25, 0.3) is 0 Å². The van der Waals surface area contributed by atoms with Crippen LogP contribution in [0.15, 0.2) is 48.6 Å². The van der Waals surface area contributed by atoms with E-state index in [1.807, 2.05) is 19.1 Å². The van der Waals surface area contributed by atoms with Crippen LogP contribution in [0.25, 0.3) is 16.5 Å². The van der Waals surface area contributed by atoms with E-state index in [0.717, 1.165) is 35.0 Å². The van der Waals surface area contributed by atoms with Crippen molar-refractivity contribution in [2.45, 2.75) is 25.8 Å². The highest BCUT2D eigenvalue weighted by Crippen LogP contribution is 2.28. The zero-order valence-electron chi connectivity index (χ0n) is 11.1. The maximum atomic E-state index is 6.12. The molecule has 1 unspecified atom stereocenters. The van der Waals surface area contributed by atoms with Crippen LogP contribution in [-0.4, -0.2) is 4.98 Å². The van der Waals surface area contributed by atoms with Crippen molar-refractivity contribution >= 4 is 16.5 Å². The maximum Gasteiger partial charge on any atom is 0.0753 e. The highest BCUT2D eigenvalue weighted by Gasteiger charge is 2.13. The molecule has 0 fully saturated rings. The van der Waals surface area contributed by atoms with Gasteiger partial charge in [0.1, 0.15) is 0 Å². The Kier molecular flexibility index (Phi) is 3.18. The minimum Gasteiger partial charge on any atom is -0.324 e. The summed E-state index contributed by atoms with van der Waals surface area (Å²) >= 11 is 0. The van der Waals surface area contributed by atoms with Gasteiger partial charge < -0.3 is 5.73 Å². The third-order valence-corrected chi connectivity index (χ3v) is 3.51. The van der Waals surface area contributed by atoms with Crippen LogP contribution in [0.3, 0.4) is 0 Å². The normalized spacial score (nSPS) is 16.4. The van der Waals surface area contributed by atoms with Crippen LogP contribution in [0.5, 0.6) is 0 Å². The molecule has 19 heavy (non-hydrogen) atoms. The minimum atomic E-state index is -0.0108. The van der Waals surface area contributed by atoms with E-state index >= 15 is 0 Å². The van der Waals surface area contributed by atoms with Crippen molar-refractivity contribution in [1.82, 2.24) is 4.98 Å². The number of para-hydroxylation sites is 1. The molecule has 96 valence electrons. The molecule has 0 amide bonds. The van der Waals surface area contributed by atoms with Crippen molar-refractivity contribution in [3.63, 3.8) is 0 Å². The monoisotopic (exact) mass is 250 g/mol. The van der Waals surface area contributed by atoms with Gasteiger partial charge in [0.15, 0.2) is 0 Å². The topological polar surface area (TPSA) is 38.9 Å².